The van der Waals surface area contributed by atoms with Crippen molar-refractivity contribution >= 4 is 28.4 Å². The minimum absolute atomic E-state index is 0.0265. The quantitative estimate of drug-likeness (QED) is 0.415. The van der Waals surface area contributed by atoms with Gasteiger partial charge in [0.1, 0.15) is 0 Å². The Morgan fingerprint density at radius 2 is 1.28 bits per heavy atom. The maximum Gasteiger partial charge on any atom is 0.219 e. The summed E-state index contributed by atoms with van der Waals surface area (Å²) < 4.78 is 0. The van der Waals surface area contributed by atoms with Gasteiger partial charge in [0.15, 0.2) is 0 Å². The highest BCUT2D eigenvalue weighted by atomic mass is 32.2. The average Bonchev–Trinajstić information content (AvgIpc) is 2.64. The molecule has 3 heteroatoms. The number of hydrogen-bond donors (Lipinski definition) is 0. The fraction of sp³-hybridized carbons (Fsp3) is 0.136. The standard InChI is InChI=1S/C22H21OS2/c1-25(2)22(18-9-5-3-6-10-18)21(23)17-13-15-20(16-14-17)24-19-11-7-4-8-12-19/h3-16,22H,1-2H3/q+1. The molecule has 1 nitrogen and oxygen atoms in total. The second-order valence-electron chi connectivity index (χ2n) is 5.97. The molecule has 1 atom stereocenters. The van der Waals surface area contributed by atoms with Crippen LogP contribution in [0.5, 0.6) is 0 Å². The molecule has 0 bridgehead atoms. The van der Waals surface area contributed by atoms with Gasteiger partial charge in [-0.1, -0.05) is 72.4 Å². The van der Waals surface area contributed by atoms with Crippen LogP contribution in [0.2, 0.25) is 0 Å². The number of ketones is 1. The van der Waals surface area contributed by atoms with Gasteiger partial charge >= 0.3 is 0 Å². The second kappa shape index (κ2) is 8.41. The lowest BCUT2D eigenvalue weighted by molar-refractivity contribution is 0.0988. The molecule has 0 spiro atoms. The van der Waals surface area contributed by atoms with Crippen LogP contribution in [-0.2, 0) is 10.9 Å². The van der Waals surface area contributed by atoms with E-state index in [2.05, 4.69) is 36.8 Å². The molecule has 25 heavy (non-hydrogen) atoms. The molecule has 3 rings (SSSR count). The van der Waals surface area contributed by atoms with Crippen LogP contribution in [0.15, 0.2) is 94.7 Å². The van der Waals surface area contributed by atoms with Gasteiger partial charge in [0.2, 0.25) is 11.0 Å². The van der Waals surface area contributed by atoms with Crippen molar-refractivity contribution in [2.24, 2.45) is 0 Å². The van der Waals surface area contributed by atoms with Crippen molar-refractivity contribution in [1.82, 2.24) is 0 Å². The van der Waals surface area contributed by atoms with Crippen molar-refractivity contribution in [1.29, 1.82) is 0 Å². The first-order valence-electron chi connectivity index (χ1n) is 8.13. The fourth-order valence-electron chi connectivity index (χ4n) is 2.73. The van der Waals surface area contributed by atoms with Crippen molar-refractivity contribution < 1.29 is 4.79 Å². The second-order valence-corrected chi connectivity index (χ2v) is 9.35. The molecule has 0 aliphatic rings. The Hall–Kier alpha value is -1.97. The van der Waals surface area contributed by atoms with Crippen molar-refractivity contribution in [3.63, 3.8) is 0 Å². The van der Waals surface area contributed by atoms with Crippen LogP contribution in [0.1, 0.15) is 21.2 Å². The zero-order valence-electron chi connectivity index (χ0n) is 14.4. The lowest BCUT2D eigenvalue weighted by Crippen LogP contribution is -2.21. The molecule has 0 aliphatic heterocycles. The Morgan fingerprint density at radius 3 is 1.84 bits per heavy atom. The van der Waals surface area contributed by atoms with Gasteiger partial charge < -0.3 is 0 Å². The highest BCUT2D eigenvalue weighted by molar-refractivity contribution is 7.99. The lowest BCUT2D eigenvalue weighted by atomic mass is 10.0. The number of carbonyl (C=O) groups is 1. The summed E-state index contributed by atoms with van der Waals surface area (Å²) in [5.74, 6) is 0.204. The third kappa shape index (κ3) is 4.56. The van der Waals surface area contributed by atoms with Gasteiger partial charge in [0.05, 0.1) is 12.5 Å². The van der Waals surface area contributed by atoms with Crippen LogP contribution >= 0.6 is 11.8 Å². The molecule has 0 saturated carbocycles. The van der Waals surface area contributed by atoms with E-state index in [1.807, 2.05) is 60.7 Å². The number of carbonyl (C=O) groups excluding carboxylic acids is 1. The van der Waals surface area contributed by atoms with Crippen molar-refractivity contribution in [3.05, 3.63) is 96.1 Å². The van der Waals surface area contributed by atoms with Gasteiger partial charge in [-0.05, 0) is 35.2 Å². The Kier molecular flexibility index (Phi) is 6.00. The summed E-state index contributed by atoms with van der Waals surface area (Å²) in [6, 6.07) is 28.4. The molecule has 3 aromatic carbocycles. The Balaban J connectivity index is 1.79. The van der Waals surface area contributed by atoms with Crippen molar-refractivity contribution in [3.8, 4) is 0 Å². The van der Waals surface area contributed by atoms with Crippen LogP contribution in [0.4, 0.5) is 0 Å². The molecule has 0 N–H and O–H groups in total. The Morgan fingerprint density at radius 1 is 0.760 bits per heavy atom. The van der Waals surface area contributed by atoms with E-state index in [0.29, 0.717) is 0 Å². The molecule has 0 radical (unpaired) electrons. The van der Waals surface area contributed by atoms with Crippen LogP contribution < -0.4 is 0 Å². The van der Waals surface area contributed by atoms with Gasteiger partial charge in [-0.15, -0.1) is 0 Å². The predicted molar refractivity (Wildman–Crippen MR) is 110 cm³/mol. The van der Waals surface area contributed by atoms with Gasteiger partial charge in [0, 0.05) is 20.9 Å². The summed E-state index contributed by atoms with van der Waals surface area (Å²) in [7, 11) is -0.0265. The van der Waals surface area contributed by atoms with Gasteiger partial charge in [0.25, 0.3) is 0 Å². The fourth-order valence-corrected chi connectivity index (χ4v) is 4.83. The Bertz CT molecular complexity index is 812. The van der Waals surface area contributed by atoms with E-state index in [9.17, 15) is 4.79 Å². The van der Waals surface area contributed by atoms with Crippen LogP contribution in [0.3, 0.4) is 0 Å². The molecule has 3 aromatic rings. The molecule has 1 unspecified atom stereocenters. The summed E-state index contributed by atoms with van der Waals surface area (Å²) in [5, 5.41) is -0.0752. The lowest BCUT2D eigenvalue weighted by Gasteiger charge is -2.13. The van der Waals surface area contributed by atoms with E-state index in [-0.39, 0.29) is 21.9 Å². The SMILES string of the molecule is C[S+](C)C(C(=O)c1ccc(Sc2ccccc2)cc1)c1ccccc1. The summed E-state index contributed by atoms with van der Waals surface area (Å²) in [6.45, 7) is 0. The highest BCUT2D eigenvalue weighted by Crippen LogP contribution is 2.30. The molecule has 0 amide bonds. The van der Waals surface area contributed by atoms with E-state index in [1.165, 1.54) is 4.90 Å². The normalized spacial score (nSPS) is 12.1. The minimum atomic E-state index is -0.0752. The molecule has 0 saturated heterocycles. The highest BCUT2D eigenvalue weighted by Gasteiger charge is 2.32. The first-order valence-corrected chi connectivity index (χ1v) is 11.1. The van der Waals surface area contributed by atoms with Crippen molar-refractivity contribution in [2.45, 2.75) is 15.0 Å². The van der Waals surface area contributed by atoms with E-state index in [0.717, 1.165) is 16.0 Å². The summed E-state index contributed by atoms with van der Waals surface area (Å²) in [5.41, 5.74) is 1.89. The van der Waals surface area contributed by atoms with Crippen LogP contribution in [0, 0.1) is 0 Å². The average molecular weight is 366 g/mol. The molecule has 0 aliphatic carbocycles. The van der Waals surface area contributed by atoms with E-state index >= 15 is 0 Å². The number of hydrogen-bond acceptors (Lipinski definition) is 2. The Labute approximate surface area is 156 Å². The first kappa shape index (κ1) is 17.8. The monoisotopic (exact) mass is 365 g/mol. The maximum absolute atomic E-state index is 13.1. The van der Waals surface area contributed by atoms with Gasteiger partial charge in [-0.2, -0.15) is 0 Å². The first-order chi connectivity index (χ1) is 12.1. The molecule has 126 valence electrons. The maximum atomic E-state index is 13.1. The van der Waals surface area contributed by atoms with E-state index in [4.69, 9.17) is 0 Å². The zero-order chi connectivity index (χ0) is 17.6. The van der Waals surface area contributed by atoms with Crippen LogP contribution in [-0.4, -0.2) is 18.3 Å². The van der Waals surface area contributed by atoms with E-state index < -0.39 is 0 Å². The molecule has 0 aromatic heterocycles. The molecule has 0 heterocycles. The van der Waals surface area contributed by atoms with E-state index in [1.54, 1.807) is 11.8 Å². The summed E-state index contributed by atoms with van der Waals surface area (Å²) in [4.78, 5) is 15.4. The smallest absolute Gasteiger partial charge is 0.219 e. The summed E-state index contributed by atoms with van der Waals surface area (Å²) in [6.07, 6.45) is 4.27. The molecular weight excluding hydrogens is 344 g/mol. The minimum Gasteiger partial charge on any atom is -0.288 e. The van der Waals surface area contributed by atoms with Gasteiger partial charge in [-0.25, -0.2) is 0 Å². The molecular formula is C22H21OS2+. The zero-order valence-corrected chi connectivity index (χ0v) is 16.0. The summed E-state index contributed by atoms with van der Waals surface area (Å²) >= 11 is 1.71. The van der Waals surface area contributed by atoms with Gasteiger partial charge in [-0.3, -0.25) is 4.79 Å². The largest absolute Gasteiger partial charge is 0.288 e. The third-order valence-electron chi connectivity index (χ3n) is 3.93. The van der Waals surface area contributed by atoms with Crippen molar-refractivity contribution in [2.75, 3.05) is 12.5 Å². The number of rotatable bonds is 6. The number of Topliss-reactive ketones (excluding diaryl/α,β-unsaturated/α-hetero) is 1. The number of benzene rings is 3. The third-order valence-corrected chi connectivity index (χ3v) is 6.37. The topological polar surface area (TPSA) is 17.1 Å². The molecule has 0 fully saturated rings. The predicted octanol–water partition coefficient (Wildman–Crippen LogP) is 5.64. The van der Waals surface area contributed by atoms with Crippen LogP contribution in [0.25, 0.3) is 0 Å².